The van der Waals surface area contributed by atoms with Crippen molar-refractivity contribution in [1.82, 2.24) is 5.43 Å². The van der Waals surface area contributed by atoms with Crippen LogP contribution in [0.15, 0.2) is 39.9 Å². The van der Waals surface area contributed by atoms with Gasteiger partial charge in [-0.3, -0.25) is 4.79 Å². The molecule has 1 N–H and O–H groups in total. The summed E-state index contributed by atoms with van der Waals surface area (Å²) in [7, 11) is 1.55. The summed E-state index contributed by atoms with van der Waals surface area (Å²) >= 11 is 21.0. The highest BCUT2D eigenvalue weighted by Gasteiger charge is 2.09. The van der Waals surface area contributed by atoms with Crippen LogP contribution in [0.5, 0.6) is 11.5 Å². The van der Waals surface area contributed by atoms with Crippen LogP contribution in [0.1, 0.15) is 5.56 Å². The molecular formula is C16H12BrCl3N2O3. The third-order valence-electron chi connectivity index (χ3n) is 2.92. The molecule has 1 amide bonds. The molecule has 5 nitrogen and oxygen atoms in total. The number of nitrogens with one attached hydrogen (secondary N) is 1. The standard InChI is InChI=1S/C16H12BrCl3N2O3/c1-24-14-3-2-10(17)4-9(14)7-21-22-16(23)8-25-15-6-12(19)11(18)5-13(15)20/h2-7H,8H2,1H3,(H,22,23). The van der Waals surface area contributed by atoms with Crippen LogP contribution in [-0.4, -0.2) is 25.8 Å². The van der Waals surface area contributed by atoms with E-state index in [1.165, 1.54) is 18.3 Å². The Kier molecular flexibility index (Phi) is 7.38. The van der Waals surface area contributed by atoms with Gasteiger partial charge >= 0.3 is 0 Å². The van der Waals surface area contributed by atoms with Crippen molar-refractivity contribution >= 4 is 62.9 Å². The molecule has 25 heavy (non-hydrogen) atoms. The molecule has 0 aliphatic rings. The minimum atomic E-state index is -0.465. The first-order valence-electron chi connectivity index (χ1n) is 6.83. The fourth-order valence-electron chi connectivity index (χ4n) is 1.77. The molecule has 0 spiro atoms. The average molecular weight is 467 g/mol. The normalized spacial score (nSPS) is 10.8. The van der Waals surface area contributed by atoms with Crippen LogP contribution in [0, 0.1) is 0 Å². The van der Waals surface area contributed by atoms with Gasteiger partial charge in [0.2, 0.25) is 0 Å². The summed E-state index contributed by atoms with van der Waals surface area (Å²) in [5.41, 5.74) is 3.05. The van der Waals surface area contributed by atoms with Crippen molar-refractivity contribution in [3.8, 4) is 11.5 Å². The van der Waals surface area contributed by atoms with Crippen LogP contribution in [0.4, 0.5) is 0 Å². The van der Waals surface area contributed by atoms with Crippen molar-refractivity contribution in [3.05, 3.63) is 55.4 Å². The summed E-state index contributed by atoms with van der Waals surface area (Å²) in [6.07, 6.45) is 1.47. The molecule has 0 atom stereocenters. The molecule has 2 aromatic carbocycles. The molecule has 2 rings (SSSR count). The molecule has 2 aromatic rings. The Labute approximate surface area is 168 Å². The third kappa shape index (κ3) is 5.78. The first-order valence-corrected chi connectivity index (χ1v) is 8.76. The van der Waals surface area contributed by atoms with Gasteiger partial charge in [-0.25, -0.2) is 5.43 Å². The summed E-state index contributed by atoms with van der Waals surface area (Å²) in [5, 5.41) is 4.71. The van der Waals surface area contributed by atoms with E-state index in [0.29, 0.717) is 16.3 Å². The van der Waals surface area contributed by atoms with Crippen molar-refractivity contribution in [2.45, 2.75) is 0 Å². The maximum Gasteiger partial charge on any atom is 0.277 e. The van der Waals surface area contributed by atoms with Gasteiger partial charge in [0, 0.05) is 16.1 Å². The quantitative estimate of drug-likeness (QED) is 0.372. The largest absolute Gasteiger partial charge is 0.496 e. The van der Waals surface area contributed by atoms with Crippen LogP contribution in [-0.2, 0) is 4.79 Å². The Morgan fingerprint density at radius 3 is 2.60 bits per heavy atom. The molecule has 0 aromatic heterocycles. The number of benzene rings is 2. The number of nitrogens with zero attached hydrogens (tertiary/aromatic N) is 1. The van der Waals surface area contributed by atoms with Gasteiger partial charge in [0.05, 0.1) is 28.4 Å². The third-order valence-corrected chi connectivity index (χ3v) is 4.43. The Bertz CT molecular complexity index is 815. The van der Waals surface area contributed by atoms with Gasteiger partial charge in [-0.05, 0) is 24.3 Å². The molecule has 0 aliphatic carbocycles. The first-order chi connectivity index (χ1) is 11.9. The summed E-state index contributed by atoms with van der Waals surface area (Å²) in [6.45, 7) is -0.287. The van der Waals surface area contributed by atoms with Gasteiger partial charge in [-0.15, -0.1) is 0 Å². The van der Waals surface area contributed by atoms with E-state index in [0.717, 1.165) is 4.47 Å². The second kappa shape index (κ2) is 9.29. The Balaban J connectivity index is 1.93. The molecule has 0 radical (unpaired) electrons. The number of ether oxygens (including phenoxy) is 2. The van der Waals surface area contributed by atoms with E-state index in [4.69, 9.17) is 44.3 Å². The monoisotopic (exact) mass is 464 g/mol. The second-order valence-corrected chi connectivity index (χ2v) is 6.80. The van der Waals surface area contributed by atoms with Gasteiger partial charge < -0.3 is 9.47 Å². The van der Waals surface area contributed by atoms with Crippen LogP contribution in [0.3, 0.4) is 0 Å². The number of amides is 1. The predicted octanol–water partition coefficient (Wildman–Crippen LogP) is 4.95. The Morgan fingerprint density at radius 2 is 1.88 bits per heavy atom. The molecule has 9 heteroatoms. The molecule has 0 heterocycles. The van der Waals surface area contributed by atoms with E-state index < -0.39 is 5.91 Å². The fourth-order valence-corrected chi connectivity index (χ4v) is 2.74. The molecule has 0 aliphatic heterocycles. The Morgan fingerprint density at radius 1 is 1.16 bits per heavy atom. The number of methoxy groups -OCH3 is 1. The van der Waals surface area contributed by atoms with E-state index in [1.54, 1.807) is 19.2 Å². The van der Waals surface area contributed by atoms with Crippen LogP contribution >= 0.6 is 50.7 Å². The smallest absolute Gasteiger partial charge is 0.277 e. The minimum absolute atomic E-state index is 0.254. The van der Waals surface area contributed by atoms with Crippen molar-refractivity contribution in [3.63, 3.8) is 0 Å². The van der Waals surface area contributed by atoms with Gasteiger partial charge in [0.25, 0.3) is 5.91 Å². The number of halogens is 4. The number of hydrogen-bond donors (Lipinski definition) is 1. The van der Waals surface area contributed by atoms with E-state index >= 15 is 0 Å². The number of rotatable bonds is 6. The minimum Gasteiger partial charge on any atom is -0.496 e. The van der Waals surface area contributed by atoms with Crippen LogP contribution in [0.25, 0.3) is 0 Å². The molecule has 0 bridgehead atoms. The van der Waals surface area contributed by atoms with Gasteiger partial charge in [-0.2, -0.15) is 5.10 Å². The zero-order valence-corrected chi connectivity index (χ0v) is 16.7. The van der Waals surface area contributed by atoms with E-state index in [9.17, 15) is 4.79 Å². The maximum atomic E-state index is 11.8. The highest BCUT2D eigenvalue weighted by molar-refractivity contribution is 9.10. The summed E-state index contributed by atoms with van der Waals surface area (Å²) in [6, 6.07) is 8.30. The topological polar surface area (TPSA) is 59.9 Å². The molecule has 0 fully saturated rings. The predicted molar refractivity (Wildman–Crippen MR) is 103 cm³/mol. The molecular weight excluding hydrogens is 454 g/mol. The highest BCUT2D eigenvalue weighted by Crippen LogP contribution is 2.33. The van der Waals surface area contributed by atoms with E-state index in [1.807, 2.05) is 6.07 Å². The molecule has 0 saturated carbocycles. The highest BCUT2D eigenvalue weighted by atomic mass is 79.9. The van der Waals surface area contributed by atoms with Crippen LogP contribution < -0.4 is 14.9 Å². The number of hydrazone groups is 1. The zero-order chi connectivity index (χ0) is 18.4. The molecule has 0 saturated heterocycles. The number of carbonyl (C=O) groups is 1. The van der Waals surface area contributed by atoms with Gasteiger partial charge in [-0.1, -0.05) is 50.7 Å². The summed E-state index contributed by atoms with van der Waals surface area (Å²) in [5.74, 6) is 0.413. The summed E-state index contributed by atoms with van der Waals surface area (Å²) < 4.78 is 11.4. The van der Waals surface area contributed by atoms with Crippen molar-refractivity contribution < 1.29 is 14.3 Å². The zero-order valence-electron chi connectivity index (χ0n) is 12.9. The van der Waals surface area contributed by atoms with Crippen molar-refractivity contribution in [2.75, 3.05) is 13.7 Å². The van der Waals surface area contributed by atoms with Crippen molar-refractivity contribution in [2.24, 2.45) is 5.10 Å². The molecule has 0 unspecified atom stereocenters. The lowest BCUT2D eigenvalue weighted by atomic mass is 10.2. The molecule has 132 valence electrons. The lowest BCUT2D eigenvalue weighted by Crippen LogP contribution is -2.24. The lowest BCUT2D eigenvalue weighted by Gasteiger charge is -2.08. The second-order valence-electron chi connectivity index (χ2n) is 4.66. The lowest BCUT2D eigenvalue weighted by molar-refractivity contribution is -0.123. The SMILES string of the molecule is COc1ccc(Br)cc1C=NNC(=O)COc1cc(Cl)c(Cl)cc1Cl. The average Bonchev–Trinajstić information content (AvgIpc) is 2.57. The fraction of sp³-hybridized carbons (Fsp3) is 0.125. The maximum absolute atomic E-state index is 11.8. The van der Waals surface area contributed by atoms with E-state index in [2.05, 4.69) is 26.5 Å². The van der Waals surface area contributed by atoms with E-state index in [-0.39, 0.29) is 22.4 Å². The number of hydrogen-bond acceptors (Lipinski definition) is 4. The number of carbonyl (C=O) groups excluding carboxylic acids is 1. The van der Waals surface area contributed by atoms with Gasteiger partial charge in [0.1, 0.15) is 11.5 Å². The van der Waals surface area contributed by atoms with Crippen molar-refractivity contribution in [1.29, 1.82) is 0 Å². The van der Waals surface area contributed by atoms with Gasteiger partial charge in [0.15, 0.2) is 6.61 Å². The summed E-state index contributed by atoms with van der Waals surface area (Å²) in [4.78, 5) is 11.8. The first kappa shape index (κ1) is 19.8. The Hall–Kier alpha value is -1.47. The van der Waals surface area contributed by atoms with Crippen LogP contribution in [0.2, 0.25) is 15.1 Å².